The summed E-state index contributed by atoms with van der Waals surface area (Å²) in [6.45, 7) is 3.11. The lowest BCUT2D eigenvalue weighted by Crippen LogP contribution is -2.36. The number of halogens is 1. The Balaban J connectivity index is 1.96. The number of rotatable bonds is 5. The van der Waals surface area contributed by atoms with Gasteiger partial charge < -0.3 is 5.73 Å². The Morgan fingerprint density at radius 1 is 1.39 bits per heavy atom. The second-order valence-electron chi connectivity index (χ2n) is 5.82. The lowest BCUT2D eigenvalue weighted by Gasteiger charge is -2.39. The minimum Gasteiger partial charge on any atom is -0.330 e. The molecule has 2 rings (SSSR count). The van der Waals surface area contributed by atoms with E-state index in [1.807, 2.05) is 6.07 Å². The molecule has 1 aromatic heterocycles. The molecule has 0 radical (unpaired) electrons. The van der Waals surface area contributed by atoms with Crippen LogP contribution in [-0.2, 0) is 6.42 Å². The molecule has 1 nitrogen and oxygen atoms in total. The average molecular weight is 286 g/mol. The normalized spacial score (nSPS) is 28.5. The maximum absolute atomic E-state index is 6.08. The van der Waals surface area contributed by atoms with Gasteiger partial charge in [0, 0.05) is 4.88 Å². The van der Waals surface area contributed by atoms with Crippen LogP contribution in [0.15, 0.2) is 12.1 Å². The van der Waals surface area contributed by atoms with Gasteiger partial charge in [-0.3, -0.25) is 0 Å². The van der Waals surface area contributed by atoms with E-state index in [2.05, 4.69) is 13.0 Å². The Morgan fingerprint density at radius 3 is 2.61 bits per heavy atom. The van der Waals surface area contributed by atoms with Gasteiger partial charge >= 0.3 is 0 Å². The molecule has 0 aliphatic heterocycles. The summed E-state index contributed by atoms with van der Waals surface area (Å²) in [5.74, 6) is 0.946. The minimum atomic E-state index is 0.346. The highest BCUT2D eigenvalue weighted by Crippen LogP contribution is 2.43. The van der Waals surface area contributed by atoms with Crippen LogP contribution < -0.4 is 5.73 Å². The summed E-state index contributed by atoms with van der Waals surface area (Å²) >= 11 is 7.73. The van der Waals surface area contributed by atoms with Crippen molar-refractivity contribution < 1.29 is 0 Å². The van der Waals surface area contributed by atoms with Gasteiger partial charge in [0.25, 0.3) is 0 Å². The Hall–Kier alpha value is -0.0500. The predicted molar refractivity (Wildman–Crippen MR) is 81.4 cm³/mol. The van der Waals surface area contributed by atoms with E-state index in [1.165, 1.54) is 43.4 Å². The van der Waals surface area contributed by atoms with Gasteiger partial charge in [0.15, 0.2) is 0 Å². The Kier molecular flexibility index (Phi) is 5.11. The highest BCUT2D eigenvalue weighted by atomic mass is 35.5. The molecule has 0 unspecified atom stereocenters. The van der Waals surface area contributed by atoms with Crippen molar-refractivity contribution in [2.24, 2.45) is 17.1 Å². The molecule has 0 bridgehead atoms. The van der Waals surface area contributed by atoms with Gasteiger partial charge in [0.1, 0.15) is 0 Å². The van der Waals surface area contributed by atoms with Crippen LogP contribution in [0.3, 0.4) is 0 Å². The summed E-state index contributed by atoms with van der Waals surface area (Å²) in [6.07, 6.45) is 9.16. The van der Waals surface area contributed by atoms with E-state index in [0.717, 1.165) is 23.2 Å². The fourth-order valence-electron chi connectivity index (χ4n) is 3.26. The van der Waals surface area contributed by atoms with Crippen molar-refractivity contribution in [2.45, 2.75) is 51.9 Å². The van der Waals surface area contributed by atoms with Crippen LogP contribution in [0.5, 0.6) is 0 Å². The molecule has 1 aliphatic carbocycles. The minimum absolute atomic E-state index is 0.346. The molecule has 3 heteroatoms. The molecule has 18 heavy (non-hydrogen) atoms. The number of hydrogen-bond acceptors (Lipinski definition) is 2. The van der Waals surface area contributed by atoms with Gasteiger partial charge in [0.05, 0.1) is 4.34 Å². The number of thiophene rings is 1. The van der Waals surface area contributed by atoms with Crippen LogP contribution >= 0.6 is 22.9 Å². The lowest BCUT2D eigenvalue weighted by atomic mass is 9.67. The zero-order valence-electron chi connectivity index (χ0n) is 11.3. The smallest absolute Gasteiger partial charge is 0.0931 e. The molecule has 1 aliphatic rings. The molecule has 0 atom stereocenters. The SMILES string of the molecule is CCCC1CCC(CN)(Cc2ccc(Cl)s2)CC1. The maximum atomic E-state index is 6.08. The first-order chi connectivity index (χ1) is 8.67. The summed E-state index contributed by atoms with van der Waals surface area (Å²) in [6, 6.07) is 4.18. The van der Waals surface area contributed by atoms with Crippen LogP contribution in [0.2, 0.25) is 4.34 Å². The van der Waals surface area contributed by atoms with E-state index in [-0.39, 0.29) is 0 Å². The summed E-state index contributed by atoms with van der Waals surface area (Å²) < 4.78 is 0.900. The molecule has 1 saturated carbocycles. The quantitative estimate of drug-likeness (QED) is 0.820. The van der Waals surface area contributed by atoms with Gasteiger partial charge in [-0.15, -0.1) is 11.3 Å². The van der Waals surface area contributed by atoms with Crippen LogP contribution in [0.4, 0.5) is 0 Å². The fraction of sp³-hybridized carbons (Fsp3) is 0.733. The summed E-state index contributed by atoms with van der Waals surface area (Å²) in [7, 11) is 0. The molecule has 1 fully saturated rings. The number of nitrogens with two attached hydrogens (primary N) is 1. The van der Waals surface area contributed by atoms with Gasteiger partial charge in [-0.25, -0.2) is 0 Å². The molecule has 0 saturated heterocycles. The predicted octanol–water partition coefficient (Wildman–Crippen LogP) is 4.88. The van der Waals surface area contributed by atoms with Crippen molar-refractivity contribution in [1.29, 1.82) is 0 Å². The van der Waals surface area contributed by atoms with Crippen LogP contribution in [0.25, 0.3) is 0 Å². The Bertz CT molecular complexity index is 366. The molecular weight excluding hydrogens is 262 g/mol. The van der Waals surface area contributed by atoms with Crippen molar-refractivity contribution in [1.82, 2.24) is 0 Å². The van der Waals surface area contributed by atoms with Gasteiger partial charge in [0.2, 0.25) is 0 Å². The monoisotopic (exact) mass is 285 g/mol. The first-order valence-electron chi connectivity index (χ1n) is 7.12. The third kappa shape index (κ3) is 3.49. The fourth-order valence-corrected chi connectivity index (χ4v) is 4.52. The standard InChI is InChI=1S/C15H24ClNS/c1-2-3-12-6-8-15(11-17,9-7-12)10-13-4-5-14(16)18-13/h4-5,12H,2-3,6-11,17H2,1H3. The molecule has 0 amide bonds. The summed E-state index contributed by atoms with van der Waals surface area (Å²) in [4.78, 5) is 1.40. The third-order valence-corrected chi connectivity index (χ3v) is 5.70. The van der Waals surface area contributed by atoms with E-state index < -0.39 is 0 Å². The molecule has 0 aromatic carbocycles. The zero-order valence-corrected chi connectivity index (χ0v) is 12.8. The van der Waals surface area contributed by atoms with Crippen molar-refractivity contribution in [2.75, 3.05) is 6.54 Å². The van der Waals surface area contributed by atoms with E-state index in [4.69, 9.17) is 17.3 Å². The average Bonchev–Trinajstić information content (AvgIpc) is 2.78. The van der Waals surface area contributed by atoms with Crippen molar-refractivity contribution in [3.05, 3.63) is 21.3 Å². The third-order valence-electron chi connectivity index (χ3n) is 4.47. The largest absolute Gasteiger partial charge is 0.330 e. The van der Waals surface area contributed by atoms with Gasteiger partial charge in [-0.05, 0) is 62.1 Å². The molecular formula is C15H24ClNS. The molecule has 0 spiro atoms. The van der Waals surface area contributed by atoms with Gasteiger partial charge in [-0.2, -0.15) is 0 Å². The molecule has 1 heterocycles. The Morgan fingerprint density at radius 2 is 2.11 bits per heavy atom. The summed E-state index contributed by atoms with van der Waals surface area (Å²) in [5.41, 5.74) is 6.43. The van der Waals surface area contributed by atoms with E-state index >= 15 is 0 Å². The van der Waals surface area contributed by atoms with Crippen LogP contribution in [-0.4, -0.2) is 6.54 Å². The highest BCUT2D eigenvalue weighted by Gasteiger charge is 2.34. The molecule has 1 aromatic rings. The molecule has 2 N–H and O–H groups in total. The topological polar surface area (TPSA) is 26.0 Å². The van der Waals surface area contributed by atoms with E-state index in [0.29, 0.717) is 5.41 Å². The number of hydrogen-bond donors (Lipinski definition) is 1. The van der Waals surface area contributed by atoms with Crippen molar-refractivity contribution in [3.63, 3.8) is 0 Å². The van der Waals surface area contributed by atoms with Crippen LogP contribution in [0, 0.1) is 11.3 Å². The van der Waals surface area contributed by atoms with Gasteiger partial charge in [-0.1, -0.05) is 31.4 Å². The maximum Gasteiger partial charge on any atom is 0.0931 e. The van der Waals surface area contributed by atoms with Crippen molar-refractivity contribution in [3.8, 4) is 0 Å². The molecule has 102 valence electrons. The lowest BCUT2D eigenvalue weighted by molar-refractivity contribution is 0.152. The van der Waals surface area contributed by atoms with Crippen molar-refractivity contribution >= 4 is 22.9 Å². The van der Waals surface area contributed by atoms with Crippen LogP contribution in [0.1, 0.15) is 50.3 Å². The first-order valence-corrected chi connectivity index (χ1v) is 8.31. The van der Waals surface area contributed by atoms with E-state index in [1.54, 1.807) is 11.3 Å². The first kappa shape index (κ1) is 14.4. The summed E-state index contributed by atoms with van der Waals surface area (Å²) in [5, 5.41) is 0. The second-order valence-corrected chi connectivity index (χ2v) is 7.62. The second kappa shape index (κ2) is 6.40. The van der Waals surface area contributed by atoms with E-state index in [9.17, 15) is 0 Å². The Labute approximate surface area is 120 Å². The highest BCUT2D eigenvalue weighted by molar-refractivity contribution is 7.16. The zero-order chi connectivity index (χ0) is 13.0.